The van der Waals surface area contributed by atoms with E-state index in [-0.39, 0.29) is 0 Å². The van der Waals surface area contributed by atoms with E-state index in [1.165, 1.54) is 12.1 Å². The SMILES string of the molecule is CSCc1ccc([B-](F)(F)F)cc1. The lowest BCUT2D eigenvalue weighted by atomic mass is 9.80. The topological polar surface area (TPSA) is 0 Å². The molecule has 0 amide bonds. The lowest BCUT2D eigenvalue weighted by molar-refractivity contribution is 0.501. The van der Waals surface area contributed by atoms with Crippen LogP contribution < -0.4 is 5.46 Å². The largest absolute Gasteiger partial charge is 0.509 e. The summed E-state index contributed by atoms with van der Waals surface area (Å²) in [5, 5.41) is 0. The third-order valence-corrected chi connectivity index (χ3v) is 2.29. The molecule has 0 aliphatic carbocycles. The standard InChI is InChI=1S/C8H9BF3S/c1-13-6-7-2-4-8(5-3-7)9(10,11)12/h2-5H,6H2,1H3/q-1. The minimum absolute atomic E-state index is 0.523. The van der Waals surface area contributed by atoms with E-state index in [1.807, 2.05) is 6.26 Å². The maximum atomic E-state index is 12.2. The molecule has 72 valence electrons. The van der Waals surface area contributed by atoms with Crippen molar-refractivity contribution in [2.45, 2.75) is 5.75 Å². The van der Waals surface area contributed by atoms with Crippen LogP contribution in [0.4, 0.5) is 12.9 Å². The number of thioether (sulfide) groups is 1. The Bertz CT molecular complexity index is 268. The molecule has 0 heterocycles. The smallest absolute Gasteiger partial charge is 0.445 e. The van der Waals surface area contributed by atoms with Gasteiger partial charge in [0.05, 0.1) is 0 Å². The van der Waals surface area contributed by atoms with Gasteiger partial charge in [-0.05, 0) is 11.8 Å². The van der Waals surface area contributed by atoms with E-state index in [4.69, 9.17) is 0 Å². The van der Waals surface area contributed by atoms with E-state index in [2.05, 4.69) is 0 Å². The maximum Gasteiger partial charge on any atom is 0.509 e. The summed E-state index contributed by atoms with van der Waals surface area (Å²) in [6.07, 6.45) is 1.92. The zero-order valence-electron chi connectivity index (χ0n) is 7.14. The molecule has 0 radical (unpaired) electrons. The van der Waals surface area contributed by atoms with Gasteiger partial charge in [0.2, 0.25) is 0 Å². The third kappa shape index (κ3) is 2.99. The molecule has 0 saturated heterocycles. The van der Waals surface area contributed by atoms with Crippen LogP contribution in [0.15, 0.2) is 24.3 Å². The van der Waals surface area contributed by atoms with Crippen LogP contribution in [0.3, 0.4) is 0 Å². The summed E-state index contributed by atoms with van der Waals surface area (Å²) in [6, 6.07) is 5.35. The highest BCUT2D eigenvalue weighted by Gasteiger charge is 2.24. The van der Waals surface area contributed by atoms with Crippen LogP contribution in [0.25, 0.3) is 0 Å². The lowest BCUT2D eigenvalue weighted by Crippen LogP contribution is -2.33. The molecule has 0 bridgehead atoms. The van der Waals surface area contributed by atoms with Gasteiger partial charge in [0.25, 0.3) is 0 Å². The van der Waals surface area contributed by atoms with Gasteiger partial charge in [-0.25, -0.2) is 0 Å². The third-order valence-electron chi connectivity index (χ3n) is 1.67. The summed E-state index contributed by atoms with van der Waals surface area (Å²) in [7, 11) is 0. The first-order valence-electron chi connectivity index (χ1n) is 3.82. The van der Waals surface area contributed by atoms with Crippen molar-refractivity contribution in [3.63, 3.8) is 0 Å². The van der Waals surface area contributed by atoms with Gasteiger partial charge in [-0.3, -0.25) is 0 Å². The van der Waals surface area contributed by atoms with Gasteiger partial charge in [-0.2, -0.15) is 11.8 Å². The van der Waals surface area contributed by atoms with E-state index in [1.54, 1.807) is 11.8 Å². The molecule has 1 rings (SSSR count). The fourth-order valence-electron chi connectivity index (χ4n) is 0.999. The highest BCUT2D eigenvalue weighted by Crippen LogP contribution is 2.12. The Morgan fingerprint density at radius 3 is 2.08 bits per heavy atom. The molecule has 0 aromatic heterocycles. The molecule has 1 aromatic carbocycles. The molecule has 0 N–H and O–H groups in total. The Hall–Kier alpha value is -0.575. The average Bonchev–Trinajstić information content (AvgIpc) is 2.04. The van der Waals surface area contributed by atoms with Crippen molar-refractivity contribution in [3.05, 3.63) is 29.8 Å². The quantitative estimate of drug-likeness (QED) is 0.683. The van der Waals surface area contributed by atoms with Crippen molar-refractivity contribution in [2.24, 2.45) is 0 Å². The Labute approximate surface area is 79.6 Å². The van der Waals surface area contributed by atoms with Crippen molar-refractivity contribution >= 4 is 24.2 Å². The van der Waals surface area contributed by atoms with Crippen LogP contribution in [0, 0.1) is 0 Å². The van der Waals surface area contributed by atoms with Crippen molar-refractivity contribution < 1.29 is 12.9 Å². The van der Waals surface area contributed by atoms with E-state index in [9.17, 15) is 12.9 Å². The van der Waals surface area contributed by atoms with Crippen LogP contribution in [0.5, 0.6) is 0 Å². The van der Waals surface area contributed by atoms with Gasteiger partial charge in [0, 0.05) is 5.75 Å². The summed E-state index contributed by atoms with van der Waals surface area (Å²) in [6.45, 7) is -4.84. The van der Waals surface area contributed by atoms with Crippen molar-refractivity contribution in [3.8, 4) is 0 Å². The zero-order chi connectivity index (χ0) is 9.90. The molecular formula is C8H9BF3S-. The van der Waals surface area contributed by atoms with Crippen LogP contribution in [0.1, 0.15) is 5.56 Å². The van der Waals surface area contributed by atoms with Crippen LogP contribution in [-0.4, -0.2) is 13.2 Å². The Morgan fingerprint density at radius 2 is 1.69 bits per heavy atom. The highest BCUT2D eigenvalue weighted by molar-refractivity contribution is 7.97. The van der Waals surface area contributed by atoms with Gasteiger partial charge in [0.15, 0.2) is 0 Å². The first-order chi connectivity index (χ1) is 6.04. The predicted octanol–water partition coefficient (Wildman–Crippen LogP) is 2.60. The Kier molecular flexibility index (Phi) is 3.30. The van der Waals surface area contributed by atoms with Gasteiger partial charge in [-0.1, -0.05) is 24.3 Å². The summed E-state index contributed by atoms with van der Waals surface area (Å²) >= 11 is 1.59. The van der Waals surface area contributed by atoms with E-state index < -0.39 is 12.4 Å². The van der Waals surface area contributed by atoms with Crippen molar-refractivity contribution in [1.29, 1.82) is 0 Å². The first kappa shape index (κ1) is 10.5. The summed E-state index contributed by atoms with van der Waals surface area (Å²) in [5.74, 6) is 0.755. The monoisotopic (exact) mass is 205 g/mol. The zero-order valence-corrected chi connectivity index (χ0v) is 7.95. The van der Waals surface area contributed by atoms with Gasteiger partial charge >= 0.3 is 6.98 Å². The Balaban J connectivity index is 2.81. The molecule has 0 aliphatic heterocycles. The number of halogens is 3. The van der Waals surface area contributed by atoms with Crippen LogP contribution >= 0.6 is 11.8 Å². The highest BCUT2D eigenvalue weighted by atomic mass is 32.2. The van der Waals surface area contributed by atoms with Crippen LogP contribution in [0.2, 0.25) is 0 Å². The fraction of sp³-hybridized carbons (Fsp3) is 0.250. The molecule has 0 unspecified atom stereocenters. The van der Waals surface area contributed by atoms with Gasteiger partial charge in [-0.15, -0.1) is 5.46 Å². The van der Waals surface area contributed by atoms with E-state index >= 15 is 0 Å². The normalized spacial score (nSPS) is 11.7. The molecule has 0 aliphatic rings. The Morgan fingerprint density at radius 1 is 1.15 bits per heavy atom. The minimum Gasteiger partial charge on any atom is -0.445 e. The molecule has 0 fully saturated rings. The second-order valence-corrected chi connectivity index (χ2v) is 3.62. The maximum absolute atomic E-state index is 12.2. The molecule has 0 atom stereocenters. The average molecular weight is 205 g/mol. The molecule has 1 aromatic rings. The second-order valence-electron chi connectivity index (χ2n) is 2.75. The number of benzene rings is 1. The van der Waals surface area contributed by atoms with Gasteiger partial charge in [0.1, 0.15) is 0 Å². The van der Waals surface area contributed by atoms with E-state index in [0.29, 0.717) is 0 Å². The summed E-state index contributed by atoms with van der Waals surface area (Å²) < 4.78 is 36.5. The summed E-state index contributed by atoms with van der Waals surface area (Å²) in [4.78, 5) is 0. The second kappa shape index (κ2) is 4.09. The molecular weight excluding hydrogens is 196 g/mol. The van der Waals surface area contributed by atoms with E-state index in [0.717, 1.165) is 23.4 Å². The van der Waals surface area contributed by atoms with Crippen LogP contribution in [-0.2, 0) is 5.75 Å². The minimum atomic E-state index is -4.84. The van der Waals surface area contributed by atoms with Crippen molar-refractivity contribution in [2.75, 3.05) is 6.26 Å². The van der Waals surface area contributed by atoms with Crippen molar-refractivity contribution in [1.82, 2.24) is 0 Å². The number of hydrogen-bond donors (Lipinski definition) is 0. The summed E-state index contributed by atoms with van der Waals surface area (Å²) in [5.41, 5.74) is 0.404. The van der Waals surface area contributed by atoms with Gasteiger partial charge < -0.3 is 12.9 Å². The molecule has 0 saturated carbocycles. The lowest BCUT2D eigenvalue weighted by Gasteiger charge is -2.14. The fourth-order valence-corrected chi connectivity index (χ4v) is 1.52. The molecule has 0 nitrogen and oxygen atoms in total. The molecule has 5 heteroatoms. The number of rotatable bonds is 3. The molecule has 0 spiro atoms. The molecule has 13 heavy (non-hydrogen) atoms. The number of hydrogen-bond acceptors (Lipinski definition) is 1. The predicted molar refractivity (Wildman–Crippen MR) is 52.4 cm³/mol. The first-order valence-corrected chi connectivity index (χ1v) is 5.21.